The number of carbonyl (C=O) groups is 3. The van der Waals surface area contributed by atoms with Gasteiger partial charge in [0.25, 0.3) is 0 Å². The Morgan fingerprint density at radius 1 is 0.950 bits per heavy atom. The minimum absolute atomic E-state index is 0.0268. The van der Waals surface area contributed by atoms with E-state index >= 15 is 0 Å². The van der Waals surface area contributed by atoms with Crippen LogP contribution < -0.4 is 10.6 Å². The van der Waals surface area contributed by atoms with E-state index < -0.39 is 29.7 Å². The normalized spacial score (nSPS) is 12.7. The first-order valence-corrected chi connectivity index (χ1v) is 14.7. The van der Waals surface area contributed by atoms with E-state index in [1.165, 1.54) is 17.0 Å². The molecule has 2 aromatic rings. The number of amides is 3. The van der Waals surface area contributed by atoms with Crippen molar-refractivity contribution < 1.29 is 24.2 Å². The number of nitrogens with one attached hydrogen (secondary N) is 2. The van der Waals surface area contributed by atoms with Gasteiger partial charge in [0.2, 0.25) is 11.8 Å². The standard InChI is InChI=1S/C31H45N3O5S/c1-5-6-7-8-9-13-20-34(29(37)26(22-40)33-30(38)39-31(2,3)4)27(24-16-18-25(35)19-17-24)28(36)32-21-23-14-11-10-12-15-23/h10-12,14-19,26-27,35,40H,5-9,13,20-22H2,1-4H3,(H,32,36)(H,33,38). The second-order valence-electron chi connectivity index (χ2n) is 10.9. The van der Waals surface area contributed by atoms with Gasteiger partial charge in [0.05, 0.1) is 0 Å². The van der Waals surface area contributed by atoms with Gasteiger partial charge in [-0.3, -0.25) is 9.59 Å². The van der Waals surface area contributed by atoms with Gasteiger partial charge in [-0.2, -0.15) is 12.6 Å². The van der Waals surface area contributed by atoms with Crippen molar-refractivity contribution in [1.29, 1.82) is 0 Å². The number of phenolic OH excluding ortho intramolecular Hbond substituents is 1. The van der Waals surface area contributed by atoms with Crippen molar-refractivity contribution in [1.82, 2.24) is 15.5 Å². The molecule has 3 N–H and O–H groups in total. The summed E-state index contributed by atoms with van der Waals surface area (Å²) >= 11 is 4.34. The quantitative estimate of drug-likeness (QED) is 0.161. The third kappa shape index (κ3) is 11.5. The lowest BCUT2D eigenvalue weighted by molar-refractivity contribution is -0.142. The van der Waals surface area contributed by atoms with Crippen LogP contribution in [0.2, 0.25) is 0 Å². The Hall–Kier alpha value is -3.20. The molecule has 0 aliphatic rings. The molecule has 0 saturated heterocycles. The molecule has 2 unspecified atom stereocenters. The van der Waals surface area contributed by atoms with E-state index in [4.69, 9.17) is 4.74 Å². The molecule has 2 rings (SSSR count). The summed E-state index contributed by atoms with van der Waals surface area (Å²) in [5, 5.41) is 15.5. The number of carbonyl (C=O) groups excluding carboxylic acids is 3. The van der Waals surface area contributed by atoms with Crippen molar-refractivity contribution in [2.75, 3.05) is 12.3 Å². The lowest BCUT2D eigenvalue weighted by Gasteiger charge is -2.34. The fraction of sp³-hybridized carbons (Fsp3) is 0.516. The molecule has 220 valence electrons. The predicted octanol–water partition coefficient (Wildman–Crippen LogP) is 5.76. The van der Waals surface area contributed by atoms with Gasteiger partial charge in [-0.25, -0.2) is 4.79 Å². The maximum Gasteiger partial charge on any atom is 0.408 e. The molecule has 2 aromatic carbocycles. The molecule has 0 aromatic heterocycles. The van der Waals surface area contributed by atoms with Crippen molar-refractivity contribution in [2.45, 2.75) is 90.4 Å². The van der Waals surface area contributed by atoms with E-state index in [1.807, 2.05) is 30.3 Å². The Labute approximate surface area is 244 Å². The number of hydrogen-bond donors (Lipinski definition) is 4. The first-order chi connectivity index (χ1) is 19.1. The third-order valence-corrected chi connectivity index (χ3v) is 6.65. The van der Waals surface area contributed by atoms with Crippen molar-refractivity contribution >= 4 is 30.5 Å². The van der Waals surface area contributed by atoms with Gasteiger partial charge < -0.3 is 25.4 Å². The predicted molar refractivity (Wildman–Crippen MR) is 161 cm³/mol. The number of aromatic hydroxyl groups is 1. The highest BCUT2D eigenvalue weighted by molar-refractivity contribution is 7.80. The van der Waals surface area contributed by atoms with Gasteiger partial charge in [0, 0.05) is 18.8 Å². The highest BCUT2D eigenvalue weighted by Crippen LogP contribution is 2.26. The van der Waals surface area contributed by atoms with Crippen LogP contribution in [0.1, 0.15) is 83.4 Å². The molecule has 40 heavy (non-hydrogen) atoms. The van der Waals surface area contributed by atoms with Crippen LogP contribution in [0.3, 0.4) is 0 Å². The second-order valence-corrected chi connectivity index (χ2v) is 11.2. The van der Waals surface area contributed by atoms with Crippen LogP contribution in [-0.4, -0.2) is 51.9 Å². The second kappa shape index (κ2) is 16.8. The van der Waals surface area contributed by atoms with E-state index in [0.717, 1.165) is 37.7 Å². The molecular formula is C31H45N3O5S. The average molecular weight is 572 g/mol. The van der Waals surface area contributed by atoms with Crippen molar-refractivity contribution in [3.05, 3.63) is 65.7 Å². The minimum Gasteiger partial charge on any atom is -0.508 e. The van der Waals surface area contributed by atoms with Crippen LogP contribution in [0.4, 0.5) is 4.79 Å². The molecule has 0 fully saturated rings. The first-order valence-electron chi connectivity index (χ1n) is 14.1. The summed E-state index contributed by atoms with van der Waals surface area (Å²) in [7, 11) is 0. The third-order valence-electron chi connectivity index (χ3n) is 6.29. The lowest BCUT2D eigenvalue weighted by Crippen LogP contribution is -2.54. The molecule has 3 amide bonds. The monoisotopic (exact) mass is 571 g/mol. The van der Waals surface area contributed by atoms with Gasteiger partial charge in [-0.1, -0.05) is 81.5 Å². The first kappa shape index (κ1) is 33.0. The average Bonchev–Trinajstić information content (AvgIpc) is 2.91. The van der Waals surface area contributed by atoms with Gasteiger partial charge in [-0.15, -0.1) is 0 Å². The van der Waals surface area contributed by atoms with E-state index in [2.05, 4.69) is 30.2 Å². The Morgan fingerprint density at radius 2 is 1.57 bits per heavy atom. The highest BCUT2D eigenvalue weighted by atomic mass is 32.1. The van der Waals surface area contributed by atoms with Gasteiger partial charge in [0.1, 0.15) is 23.4 Å². The molecule has 0 heterocycles. The molecule has 8 nitrogen and oxygen atoms in total. The smallest absolute Gasteiger partial charge is 0.408 e. The number of phenols is 1. The lowest BCUT2D eigenvalue weighted by atomic mass is 10.0. The molecule has 0 aliphatic carbocycles. The van der Waals surface area contributed by atoms with Crippen LogP contribution in [0.5, 0.6) is 5.75 Å². The molecule has 9 heteroatoms. The molecule has 0 bridgehead atoms. The van der Waals surface area contributed by atoms with Crippen molar-refractivity contribution in [3.63, 3.8) is 0 Å². The van der Waals surface area contributed by atoms with E-state index in [0.29, 0.717) is 25.1 Å². The number of unbranched alkanes of at least 4 members (excludes halogenated alkanes) is 5. The Kier molecular flexibility index (Phi) is 13.9. The zero-order valence-electron chi connectivity index (χ0n) is 24.2. The number of rotatable bonds is 15. The number of ether oxygens (including phenoxy) is 1. The summed E-state index contributed by atoms with van der Waals surface area (Å²) in [6, 6.07) is 13.8. The summed E-state index contributed by atoms with van der Waals surface area (Å²) < 4.78 is 5.37. The summed E-state index contributed by atoms with van der Waals surface area (Å²) in [4.78, 5) is 41.8. The van der Waals surface area contributed by atoms with Crippen molar-refractivity contribution in [3.8, 4) is 5.75 Å². The Balaban J connectivity index is 2.36. The van der Waals surface area contributed by atoms with Crippen LogP contribution in [0, 0.1) is 0 Å². The number of alkyl carbamates (subject to hydrolysis) is 1. The SMILES string of the molecule is CCCCCCCCN(C(=O)C(CS)NC(=O)OC(C)(C)C)C(C(=O)NCc1ccccc1)c1ccc(O)cc1. The fourth-order valence-corrected chi connectivity index (χ4v) is 4.52. The molecule has 2 atom stereocenters. The Morgan fingerprint density at radius 3 is 2.17 bits per heavy atom. The van der Waals surface area contributed by atoms with Gasteiger partial charge in [0.15, 0.2) is 0 Å². The summed E-state index contributed by atoms with van der Waals surface area (Å²) in [5.41, 5.74) is 0.741. The maximum absolute atomic E-state index is 14.0. The minimum atomic E-state index is -1.00. The van der Waals surface area contributed by atoms with E-state index in [9.17, 15) is 19.5 Å². The fourth-order valence-electron chi connectivity index (χ4n) is 4.28. The van der Waals surface area contributed by atoms with E-state index in [-0.39, 0.29) is 17.4 Å². The Bertz CT molecular complexity index is 1060. The van der Waals surface area contributed by atoms with Crippen LogP contribution >= 0.6 is 12.6 Å². The zero-order chi connectivity index (χ0) is 29.5. The maximum atomic E-state index is 14.0. The van der Waals surface area contributed by atoms with Crippen LogP contribution in [0.25, 0.3) is 0 Å². The summed E-state index contributed by atoms with van der Waals surface area (Å²) in [6.07, 6.45) is 5.31. The molecular weight excluding hydrogens is 526 g/mol. The molecule has 0 radical (unpaired) electrons. The number of thiol groups is 1. The van der Waals surface area contributed by atoms with E-state index in [1.54, 1.807) is 32.9 Å². The van der Waals surface area contributed by atoms with Crippen LogP contribution in [-0.2, 0) is 20.9 Å². The topological polar surface area (TPSA) is 108 Å². The number of nitrogens with zero attached hydrogens (tertiary/aromatic N) is 1. The van der Waals surface area contributed by atoms with Gasteiger partial charge >= 0.3 is 6.09 Å². The molecule has 0 aliphatic heterocycles. The number of benzene rings is 2. The number of hydrogen-bond acceptors (Lipinski definition) is 6. The highest BCUT2D eigenvalue weighted by Gasteiger charge is 2.35. The van der Waals surface area contributed by atoms with Crippen molar-refractivity contribution in [2.24, 2.45) is 0 Å². The zero-order valence-corrected chi connectivity index (χ0v) is 25.1. The molecule has 0 spiro atoms. The largest absolute Gasteiger partial charge is 0.508 e. The molecule has 0 saturated carbocycles. The van der Waals surface area contributed by atoms with Gasteiger partial charge in [-0.05, 0) is 50.5 Å². The summed E-state index contributed by atoms with van der Waals surface area (Å²) in [5.74, 6) is -0.703. The van der Waals surface area contributed by atoms with Crippen LogP contribution in [0.15, 0.2) is 54.6 Å². The summed E-state index contributed by atoms with van der Waals surface area (Å²) in [6.45, 7) is 7.99.